The molecule has 1 amide bonds. The number of para-hydroxylation sites is 2. The number of nitrogens with one attached hydrogen (secondary N) is 1. The van der Waals surface area contributed by atoms with Crippen LogP contribution >= 0.6 is 0 Å². The van der Waals surface area contributed by atoms with Crippen molar-refractivity contribution in [3.8, 4) is 11.5 Å². The number of hydrogen-bond acceptors (Lipinski definition) is 3. The third kappa shape index (κ3) is 3.29. The van der Waals surface area contributed by atoms with Crippen LogP contribution in [0.3, 0.4) is 0 Å². The Morgan fingerprint density at radius 2 is 1.62 bits per heavy atom. The highest BCUT2D eigenvalue weighted by Crippen LogP contribution is 2.43. The first-order valence-electron chi connectivity index (χ1n) is 8.26. The molecule has 2 N–H and O–H groups in total. The van der Waals surface area contributed by atoms with Crippen LogP contribution in [-0.4, -0.2) is 24.2 Å². The van der Waals surface area contributed by atoms with E-state index < -0.39 is 0 Å². The Bertz CT molecular complexity index is 694. The largest absolute Gasteiger partial charge is 0.457 e. The first-order valence-corrected chi connectivity index (χ1v) is 8.26. The number of carbonyl (C=O) groups is 1. The summed E-state index contributed by atoms with van der Waals surface area (Å²) in [5, 5.41) is 12.2. The molecular weight excluding hydrogens is 302 g/mol. The fraction of sp³-hybridized carbons (Fsp3) is 0.350. The molecule has 1 heterocycles. The molecule has 0 saturated heterocycles. The van der Waals surface area contributed by atoms with Crippen LogP contribution in [0.15, 0.2) is 48.5 Å². The average molecular weight is 325 g/mol. The van der Waals surface area contributed by atoms with Gasteiger partial charge in [0.1, 0.15) is 11.5 Å². The molecule has 4 nitrogen and oxygen atoms in total. The molecule has 2 aromatic rings. The standard InChI is InChI=1S/C20H23NO3/c1-20(2,11-12-22)13-21-19(23)18-14-7-3-5-9-16(14)24-17-10-6-4-8-15(17)18/h3-10,18,22H,11-13H2,1-2H3,(H,21,23). The van der Waals surface area contributed by atoms with Gasteiger partial charge in [0, 0.05) is 24.3 Å². The quantitative estimate of drug-likeness (QED) is 0.885. The second-order valence-electron chi connectivity index (χ2n) is 6.97. The Morgan fingerprint density at radius 1 is 1.08 bits per heavy atom. The highest BCUT2D eigenvalue weighted by Gasteiger charge is 2.33. The van der Waals surface area contributed by atoms with Gasteiger partial charge in [0.25, 0.3) is 0 Å². The molecule has 0 saturated carbocycles. The maximum atomic E-state index is 12.9. The molecule has 0 aromatic heterocycles. The van der Waals surface area contributed by atoms with Gasteiger partial charge >= 0.3 is 0 Å². The van der Waals surface area contributed by atoms with E-state index in [0.29, 0.717) is 13.0 Å². The predicted molar refractivity (Wildman–Crippen MR) is 93.3 cm³/mol. The highest BCUT2D eigenvalue weighted by atomic mass is 16.5. The zero-order valence-corrected chi connectivity index (χ0v) is 14.1. The number of aliphatic hydroxyl groups is 1. The van der Waals surface area contributed by atoms with Gasteiger partial charge in [0.05, 0.1) is 5.92 Å². The fourth-order valence-electron chi connectivity index (χ4n) is 3.01. The Balaban J connectivity index is 1.88. The lowest BCUT2D eigenvalue weighted by Crippen LogP contribution is -2.38. The molecular formula is C20H23NO3. The summed E-state index contributed by atoms with van der Waals surface area (Å²) in [5.41, 5.74) is 1.62. The number of aliphatic hydroxyl groups excluding tert-OH is 1. The van der Waals surface area contributed by atoms with Crippen LogP contribution in [0.5, 0.6) is 11.5 Å². The van der Waals surface area contributed by atoms with E-state index in [4.69, 9.17) is 9.84 Å². The fourth-order valence-corrected chi connectivity index (χ4v) is 3.01. The maximum absolute atomic E-state index is 12.9. The van der Waals surface area contributed by atoms with Gasteiger partial charge in [0.2, 0.25) is 5.91 Å². The number of fused-ring (bicyclic) bond motifs is 2. The van der Waals surface area contributed by atoms with Gasteiger partial charge < -0.3 is 15.2 Å². The van der Waals surface area contributed by atoms with E-state index in [9.17, 15) is 4.79 Å². The minimum atomic E-state index is -0.379. The number of benzene rings is 2. The average Bonchev–Trinajstić information content (AvgIpc) is 2.57. The van der Waals surface area contributed by atoms with Crippen molar-refractivity contribution in [2.75, 3.05) is 13.2 Å². The second-order valence-corrected chi connectivity index (χ2v) is 6.97. The summed E-state index contributed by atoms with van der Waals surface area (Å²) in [5.74, 6) is 1.04. The zero-order chi connectivity index (χ0) is 17.2. The van der Waals surface area contributed by atoms with Gasteiger partial charge in [-0.05, 0) is 24.0 Å². The van der Waals surface area contributed by atoms with Gasteiger partial charge in [-0.3, -0.25) is 4.79 Å². The summed E-state index contributed by atoms with van der Waals surface area (Å²) in [6.07, 6.45) is 0.647. The lowest BCUT2D eigenvalue weighted by atomic mass is 9.86. The summed E-state index contributed by atoms with van der Waals surface area (Å²) in [4.78, 5) is 12.9. The first kappa shape index (κ1) is 16.5. The molecule has 0 bridgehead atoms. The SMILES string of the molecule is CC(C)(CCO)CNC(=O)C1c2ccccc2Oc2ccccc21. The molecule has 0 unspecified atom stereocenters. The summed E-state index contributed by atoms with van der Waals surface area (Å²) in [6, 6.07) is 15.3. The monoisotopic (exact) mass is 325 g/mol. The number of rotatable bonds is 5. The van der Waals surface area contributed by atoms with Crippen molar-refractivity contribution in [2.24, 2.45) is 5.41 Å². The highest BCUT2D eigenvalue weighted by molar-refractivity contribution is 5.89. The molecule has 0 atom stereocenters. The van der Waals surface area contributed by atoms with Crippen molar-refractivity contribution >= 4 is 5.91 Å². The van der Waals surface area contributed by atoms with Gasteiger partial charge in [0.15, 0.2) is 0 Å². The zero-order valence-electron chi connectivity index (χ0n) is 14.1. The van der Waals surface area contributed by atoms with Gasteiger partial charge in [-0.25, -0.2) is 0 Å². The Kier molecular flexibility index (Phi) is 4.58. The minimum absolute atomic E-state index is 0.0378. The lowest BCUT2D eigenvalue weighted by molar-refractivity contribution is -0.122. The van der Waals surface area contributed by atoms with Crippen LogP contribution < -0.4 is 10.1 Å². The molecule has 2 aromatic carbocycles. The van der Waals surface area contributed by atoms with Crippen molar-refractivity contribution in [1.82, 2.24) is 5.32 Å². The van der Waals surface area contributed by atoms with Crippen LogP contribution in [0, 0.1) is 5.41 Å². The van der Waals surface area contributed by atoms with E-state index in [0.717, 1.165) is 22.6 Å². The van der Waals surface area contributed by atoms with Crippen LogP contribution in [0.2, 0.25) is 0 Å². The molecule has 4 heteroatoms. The molecule has 1 aliphatic heterocycles. The van der Waals surface area contributed by atoms with Gasteiger partial charge in [-0.2, -0.15) is 0 Å². The normalized spacial score (nSPS) is 13.6. The number of carbonyl (C=O) groups excluding carboxylic acids is 1. The molecule has 0 spiro atoms. The number of amides is 1. The third-order valence-corrected chi connectivity index (χ3v) is 4.47. The minimum Gasteiger partial charge on any atom is -0.457 e. The van der Waals surface area contributed by atoms with Crippen LogP contribution in [0.1, 0.15) is 37.3 Å². The Labute approximate surface area is 142 Å². The van der Waals surface area contributed by atoms with Crippen molar-refractivity contribution in [3.05, 3.63) is 59.7 Å². The molecule has 0 fully saturated rings. The van der Waals surface area contributed by atoms with Crippen molar-refractivity contribution in [3.63, 3.8) is 0 Å². The third-order valence-electron chi connectivity index (χ3n) is 4.47. The van der Waals surface area contributed by atoms with E-state index >= 15 is 0 Å². The van der Waals surface area contributed by atoms with Crippen LogP contribution in [-0.2, 0) is 4.79 Å². The molecule has 0 aliphatic carbocycles. The summed E-state index contributed by atoms with van der Waals surface area (Å²) in [6.45, 7) is 4.71. The van der Waals surface area contributed by atoms with Crippen LogP contribution in [0.4, 0.5) is 0 Å². The first-order chi connectivity index (χ1) is 11.5. The van der Waals surface area contributed by atoms with E-state index in [1.807, 2.05) is 62.4 Å². The molecule has 24 heavy (non-hydrogen) atoms. The van der Waals surface area contributed by atoms with E-state index in [1.54, 1.807) is 0 Å². The smallest absolute Gasteiger partial charge is 0.232 e. The predicted octanol–water partition coefficient (Wildman–Crippen LogP) is 3.45. The summed E-state index contributed by atoms with van der Waals surface area (Å²) < 4.78 is 5.93. The maximum Gasteiger partial charge on any atom is 0.232 e. The topological polar surface area (TPSA) is 58.6 Å². The summed E-state index contributed by atoms with van der Waals surface area (Å²) >= 11 is 0. The van der Waals surface area contributed by atoms with E-state index in [2.05, 4.69) is 5.32 Å². The van der Waals surface area contributed by atoms with Crippen molar-refractivity contribution < 1.29 is 14.6 Å². The number of hydrogen-bond donors (Lipinski definition) is 2. The van der Waals surface area contributed by atoms with Crippen molar-refractivity contribution in [2.45, 2.75) is 26.2 Å². The molecule has 1 aliphatic rings. The molecule has 0 radical (unpaired) electrons. The Morgan fingerprint density at radius 3 is 2.17 bits per heavy atom. The second kappa shape index (κ2) is 6.65. The van der Waals surface area contributed by atoms with E-state index in [-0.39, 0.29) is 23.8 Å². The van der Waals surface area contributed by atoms with Crippen molar-refractivity contribution in [1.29, 1.82) is 0 Å². The number of ether oxygens (including phenoxy) is 1. The lowest BCUT2D eigenvalue weighted by Gasteiger charge is -2.29. The van der Waals surface area contributed by atoms with Gasteiger partial charge in [-0.1, -0.05) is 50.2 Å². The summed E-state index contributed by atoms with van der Waals surface area (Å²) in [7, 11) is 0. The molecule has 3 rings (SSSR count). The van der Waals surface area contributed by atoms with Gasteiger partial charge in [-0.15, -0.1) is 0 Å². The van der Waals surface area contributed by atoms with Crippen LogP contribution in [0.25, 0.3) is 0 Å². The Hall–Kier alpha value is -2.33. The molecule has 126 valence electrons. The van der Waals surface area contributed by atoms with E-state index in [1.165, 1.54) is 0 Å².